The molecule has 1 aliphatic heterocycles. The first-order valence-electron chi connectivity index (χ1n) is 6.87. The monoisotopic (exact) mass is 284 g/mol. The molecule has 0 spiro atoms. The van der Waals surface area contributed by atoms with Crippen LogP contribution >= 0.6 is 0 Å². The first kappa shape index (κ1) is 15.0. The van der Waals surface area contributed by atoms with Crippen LogP contribution in [0, 0.1) is 5.41 Å². The van der Waals surface area contributed by atoms with Crippen LogP contribution in [-0.2, 0) is 11.2 Å². The van der Waals surface area contributed by atoms with E-state index in [1.807, 2.05) is 32.2 Å². The van der Waals surface area contributed by atoms with Crippen LogP contribution in [0.4, 0.5) is 5.69 Å². The van der Waals surface area contributed by atoms with Gasteiger partial charge in [0.2, 0.25) is 0 Å². The lowest BCUT2D eigenvalue weighted by molar-refractivity contribution is 0.284. The third-order valence-corrected chi connectivity index (χ3v) is 3.09. The van der Waals surface area contributed by atoms with Gasteiger partial charge in [-0.2, -0.15) is 0 Å². The number of rotatable bonds is 5. The van der Waals surface area contributed by atoms with Gasteiger partial charge < -0.3 is 15.5 Å². The van der Waals surface area contributed by atoms with E-state index in [4.69, 9.17) is 10.1 Å². The highest BCUT2D eigenvalue weighted by molar-refractivity contribution is 6.07. The minimum atomic E-state index is 0.312. The number of hydrogen-bond donors (Lipinski definition) is 2. The van der Waals surface area contributed by atoms with Crippen LogP contribution in [-0.4, -0.2) is 30.6 Å². The number of ether oxygens (including phenoxy) is 1. The maximum atomic E-state index is 7.54. The van der Waals surface area contributed by atoms with Crippen LogP contribution < -0.4 is 5.32 Å². The Morgan fingerprint density at radius 1 is 1.48 bits per heavy atom. The topological polar surface area (TPSA) is 70.4 Å². The van der Waals surface area contributed by atoms with Crippen molar-refractivity contribution in [1.29, 1.82) is 5.41 Å². The molecule has 0 saturated carbocycles. The molecule has 0 atom stereocenters. The number of nitrogens with one attached hydrogen (secondary N) is 2. The molecule has 2 N–H and O–H groups in total. The average molecular weight is 284 g/mol. The van der Waals surface area contributed by atoms with Crippen molar-refractivity contribution in [2.45, 2.75) is 26.3 Å². The van der Waals surface area contributed by atoms with Gasteiger partial charge >= 0.3 is 0 Å². The Labute approximate surface area is 125 Å². The maximum absolute atomic E-state index is 7.54. The summed E-state index contributed by atoms with van der Waals surface area (Å²) in [5.41, 5.74) is 3.34. The van der Waals surface area contributed by atoms with E-state index in [9.17, 15) is 0 Å². The lowest BCUT2D eigenvalue weighted by Gasteiger charge is -2.09. The molecule has 5 nitrogen and oxygen atoms in total. The van der Waals surface area contributed by atoms with Gasteiger partial charge in [-0.3, -0.25) is 9.98 Å². The van der Waals surface area contributed by atoms with Gasteiger partial charge in [-0.05, 0) is 26.0 Å². The number of aromatic nitrogens is 1. The summed E-state index contributed by atoms with van der Waals surface area (Å²) in [5, 5.41) is 10.7. The number of aliphatic imine (C=N–C) groups is 1. The van der Waals surface area contributed by atoms with Gasteiger partial charge in [0, 0.05) is 48.4 Å². The summed E-state index contributed by atoms with van der Waals surface area (Å²) in [6, 6.07) is 2.21. The third kappa shape index (κ3) is 3.78. The van der Waals surface area contributed by atoms with E-state index < -0.39 is 0 Å². The maximum Gasteiger partial charge on any atom is 0.102 e. The summed E-state index contributed by atoms with van der Waals surface area (Å²) in [6.45, 7) is 4.09. The summed E-state index contributed by atoms with van der Waals surface area (Å²) in [5.74, 6) is 0.858. The molecule has 0 amide bonds. The van der Waals surface area contributed by atoms with Crippen molar-refractivity contribution in [2.24, 2.45) is 4.99 Å². The van der Waals surface area contributed by atoms with Crippen LogP contribution in [0.5, 0.6) is 0 Å². The molecule has 0 aromatic carbocycles. The Kier molecular flexibility index (Phi) is 4.87. The van der Waals surface area contributed by atoms with E-state index in [2.05, 4.69) is 15.3 Å². The molecule has 2 heterocycles. The Bertz CT molecular complexity index is 615. The molecule has 110 valence electrons. The Morgan fingerprint density at radius 2 is 2.29 bits per heavy atom. The van der Waals surface area contributed by atoms with Crippen LogP contribution in [0.2, 0.25) is 0 Å². The second-order valence-electron chi connectivity index (χ2n) is 5.06. The molecular weight excluding hydrogens is 264 g/mol. The van der Waals surface area contributed by atoms with E-state index in [1.165, 1.54) is 6.21 Å². The number of hydrogen-bond acceptors (Lipinski definition) is 5. The molecule has 1 aromatic heterocycles. The molecule has 0 radical (unpaired) electrons. The summed E-state index contributed by atoms with van der Waals surface area (Å²) < 4.78 is 5.28. The highest BCUT2D eigenvalue weighted by Gasteiger charge is 2.11. The van der Waals surface area contributed by atoms with E-state index in [-0.39, 0.29) is 0 Å². The number of nitrogens with zero attached hydrogens (tertiary/aromatic N) is 2. The van der Waals surface area contributed by atoms with Crippen LogP contribution in [0.25, 0.3) is 5.57 Å². The molecule has 0 fully saturated rings. The first-order valence-corrected chi connectivity index (χ1v) is 6.87. The quantitative estimate of drug-likeness (QED) is 0.817. The van der Waals surface area contributed by atoms with Crippen molar-refractivity contribution in [3.63, 3.8) is 0 Å². The van der Waals surface area contributed by atoms with Gasteiger partial charge in [0.25, 0.3) is 0 Å². The Balaban J connectivity index is 2.31. The summed E-state index contributed by atoms with van der Waals surface area (Å²) in [4.78, 5) is 8.85. The fourth-order valence-corrected chi connectivity index (χ4v) is 1.92. The molecule has 21 heavy (non-hydrogen) atoms. The van der Waals surface area contributed by atoms with Crippen molar-refractivity contribution in [1.82, 2.24) is 10.3 Å². The third-order valence-electron chi connectivity index (χ3n) is 3.09. The van der Waals surface area contributed by atoms with Crippen LogP contribution in [0.15, 0.2) is 35.3 Å². The number of allylic oxidation sites excluding steroid dienone is 3. The molecule has 5 heteroatoms. The van der Waals surface area contributed by atoms with Crippen molar-refractivity contribution < 1.29 is 4.74 Å². The molecule has 0 saturated heterocycles. The predicted molar refractivity (Wildman–Crippen MR) is 86.2 cm³/mol. The van der Waals surface area contributed by atoms with E-state index >= 15 is 0 Å². The highest BCUT2D eigenvalue weighted by atomic mass is 16.5. The Morgan fingerprint density at radius 3 is 2.95 bits per heavy atom. The smallest absolute Gasteiger partial charge is 0.102 e. The van der Waals surface area contributed by atoms with E-state index in [1.54, 1.807) is 19.5 Å². The first-order chi connectivity index (χ1) is 10.1. The predicted octanol–water partition coefficient (Wildman–Crippen LogP) is 2.86. The van der Waals surface area contributed by atoms with Gasteiger partial charge in [-0.25, -0.2) is 0 Å². The molecular formula is C16H20N4O. The van der Waals surface area contributed by atoms with Gasteiger partial charge in [-0.1, -0.05) is 0 Å². The lowest BCUT2D eigenvalue weighted by atomic mass is 10.1. The molecule has 2 rings (SSSR count). The normalized spacial score (nSPS) is 14.3. The summed E-state index contributed by atoms with van der Waals surface area (Å²) in [6.07, 6.45) is 9.16. The zero-order valence-electron chi connectivity index (χ0n) is 12.6. The van der Waals surface area contributed by atoms with Crippen LogP contribution in [0.1, 0.15) is 25.1 Å². The van der Waals surface area contributed by atoms with E-state index in [0.717, 1.165) is 28.3 Å². The molecule has 1 aliphatic rings. The minimum absolute atomic E-state index is 0.312. The number of pyridine rings is 1. The van der Waals surface area contributed by atoms with Crippen molar-refractivity contribution >= 4 is 23.7 Å². The molecule has 1 aromatic rings. The minimum Gasteiger partial charge on any atom is -0.501 e. The van der Waals surface area contributed by atoms with Crippen molar-refractivity contribution in [3.05, 3.63) is 41.6 Å². The summed E-state index contributed by atoms with van der Waals surface area (Å²) in [7, 11) is 1.65. The SMILES string of the molecule is COC1=CC=Nc2cc(/C(C=N)=C/NC(C)C)ncc2C1. The largest absolute Gasteiger partial charge is 0.501 e. The average Bonchev–Trinajstić information content (AvgIpc) is 2.68. The van der Waals surface area contributed by atoms with Gasteiger partial charge in [-0.15, -0.1) is 0 Å². The van der Waals surface area contributed by atoms with Crippen molar-refractivity contribution in [3.8, 4) is 0 Å². The standard InChI is InChI=1S/C16H20N4O/c1-11(2)19-10-13(8-17)16-7-15-12(9-20-16)6-14(21-3)4-5-18-15/h4-5,7-11,17,19H,6H2,1-3H3/b13-10+,17-8?. The van der Waals surface area contributed by atoms with Gasteiger partial charge in [0.1, 0.15) is 5.76 Å². The number of methoxy groups -OCH3 is 1. The molecule has 0 aliphatic carbocycles. The fraction of sp³-hybridized carbons (Fsp3) is 0.312. The van der Waals surface area contributed by atoms with Crippen LogP contribution in [0.3, 0.4) is 0 Å². The Hall–Kier alpha value is -2.43. The molecule has 0 unspecified atom stereocenters. The van der Waals surface area contributed by atoms with E-state index in [0.29, 0.717) is 12.5 Å². The fourth-order valence-electron chi connectivity index (χ4n) is 1.92. The van der Waals surface area contributed by atoms with Gasteiger partial charge in [0.15, 0.2) is 0 Å². The highest BCUT2D eigenvalue weighted by Crippen LogP contribution is 2.26. The zero-order chi connectivity index (χ0) is 15.2. The second-order valence-corrected chi connectivity index (χ2v) is 5.06. The zero-order valence-corrected chi connectivity index (χ0v) is 12.6. The lowest BCUT2D eigenvalue weighted by Crippen LogP contribution is -2.16. The van der Waals surface area contributed by atoms with Crippen molar-refractivity contribution in [2.75, 3.05) is 7.11 Å². The number of fused-ring (bicyclic) bond motifs is 1. The summed E-state index contributed by atoms with van der Waals surface area (Å²) >= 11 is 0. The second kappa shape index (κ2) is 6.83. The molecule has 0 bridgehead atoms. The van der Waals surface area contributed by atoms with Gasteiger partial charge in [0.05, 0.1) is 18.5 Å².